The summed E-state index contributed by atoms with van der Waals surface area (Å²) in [7, 11) is 0. The maximum atomic E-state index is 3.98. The molecule has 1 nitrogen and oxygen atoms in total. The molecule has 0 aromatic carbocycles. The number of hydrogen-bond donors (Lipinski definition) is 1. The standard InChI is InChI=1S/C17H27NS/c1-11-6-7-14(19-11)12(2)18-15-16(3,4)13-8-9-17(15,5)10-13/h6-7,12-13,15,18H,8-10H2,1-5H3. The predicted octanol–water partition coefficient (Wildman–Crippen LogP) is 4.92. The van der Waals surface area contributed by atoms with Crippen molar-refractivity contribution in [2.24, 2.45) is 16.7 Å². The van der Waals surface area contributed by atoms with E-state index in [-0.39, 0.29) is 0 Å². The fourth-order valence-corrected chi connectivity index (χ4v) is 5.63. The van der Waals surface area contributed by atoms with E-state index in [4.69, 9.17) is 0 Å². The van der Waals surface area contributed by atoms with Crippen LogP contribution in [0.15, 0.2) is 12.1 Å². The molecule has 1 heterocycles. The van der Waals surface area contributed by atoms with E-state index in [0.29, 0.717) is 22.9 Å². The van der Waals surface area contributed by atoms with E-state index in [1.165, 1.54) is 29.0 Å². The predicted molar refractivity (Wildman–Crippen MR) is 83.6 cm³/mol. The monoisotopic (exact) mass is 277 g/mol. The normalized spacial score (nSPS) is 37.7. The first-order chi connectivity index (χ1) is 8.83. The third-order valence-corrected chi connectivity index (χ3v) is 7.06. The van der Waals surface area contributed by atoms with E-state index in [9.17, 15) is 0 Å². The number of fused-ring (bicyclic) bond motifs is 2. The number of rotatable bonds is 3. The summed E-state index contributed by atoms with van der Waals surface area (Å²) in [5, 5.41) is 3.98. The van der Waals surface area contributed by atoms with E-state index < -0.39 is 0 Å². The topological polar surface area (TPSA) is 12.0 Å². The Morgan fingerprint density at radius 2 is 2.05 bits per heavy atom. The van der Waals surface area contributed by atoms with Crippen molar-refractivity contribution >= 4 is 11.3 Å². The van der Waals surface area contributed by atoms with Crippen molar-refractivity contribution in [2.75, 3.05) is 0 Å². The zero-order chi connectivity index (χ0) is 13.8. The smallest absolute Gasteiger partial charge is 0.0388 e. The van der Waals surface area contributed by atoms with Crippen molar-refractivity contribution in [3.8, 4) is 0 Å². The number of aryl methyl sites for hydroxylation is 1. The summed E-state index contributed by atoms with van der Waals surface area (Å²) in [4.78, 5) is 2.90. The summed E-state index contributed by atoms with van der Waals surface area (Å²) in [6, 6.07) is 5.68. The Labute approximate surface area is 121 Å². The molecule has 0 aliphatic heterocycles. The molecule has 19 heavy (non-hydrogen) atoms. The van der Waals surface area contributed by atoms with Crippen LogP contribution in [0.5, 0.6) is 0 Å². The lowest BCUT2D eigenvalue weighted by molar-refractivity contribution is 0.101. The van der Waals surface area contributed by atoms with Crippen LogP contribution in [-0.2, 0) is 0 Å². The SMILES string of the molecule is Cc1ccc(C(C)NC2C3(C)CCC(C3)C2(C)C)s1. The van der Waals surface area contributed by atoms with Gasteiger partial charge in [-0.1, -0.05) is 20.8 Å². The van der Waals surface area contributed by atoms with Crippen LogP contribution in [-0.4, -0.2) is 6.04 Å². The van der Waals surface area contributed by atoms with Gasteiger partial charge in [0.15, 0.2) is 0 Å². The molecule has 2 aliphatic carbocycles. The Morgan fingerprint density at radius 1 is 1.32 bits per heavy atom. The second kappa shape index (κ2) is 4.33. The molecule has 2 heteroatoms. The number of nitrogens with one attached hydrogen (secondary N) is 1. The van der Waals surface area contributed by atoms with Crippen molar-refractivity contribution in [3.05, 3.63) is 21.9 Å². The molecular formula is C17H27NS. The highest BCUT2D eigenvalue weighted by Gasteiger charge is 2.59. The quantitative estimate of drug-likeness (QED) is 0.826. The van der Waals surface area contributed by atoms with Crippen LogP contribution >= 0.6 is 11.3 Å². The second-order valence-electron chi connectivity index (χ2n) is 7.68. The molecule has 0 spiro atoms. The first kappa shape index (κ1) is 13.6. The number of thiophene rings is 1. The van der Waals surface area contributed by atoms with Crippen LogP contribution in [0.2, 0.25) is 0 Å². The molecule has 0 amide bonds. The van der Waals surface area contributed by atoms with E-state index in [1.807, 2.05) is 11.3 Å². The van der Waals surface area contributed by atoms with Gasteiger partial charge in [-0.2, -0.15) is 0 Å². The second-order valence-corrected chi connectivity index (χ2v) is 9.00. The molecule has 2 aliphatic rings. The van der Waals surface area contributed by atoms with Crippen LogP contribution in [0, 0.1) is 23.7 Å². The summed E-state index contributed by atoms with van der Waals surface area (Å²) in [6.07, 6.45) is 4.27. The Balaban J connectivity index is 1.79. The molecule has 4 atom stereocenters. The minimum atomic E-state index is 0.452. The van der Waals surface area contributed by atoms with E-state index in [2.05, 4.69) is 52.1 Å². The van der Waals surface area contributed by atoms with Gasteiger partial charge in [0.25, 0.3) is 0 Å². The molecule has 1 aromatic heterocycles. The Bertz CT molecular complexity index is 471. The van der Waals surface area contributed by atoms with Crippen LogP contribution in [0.3, 0.4) is 0 Å². The molecular weight excluding hydrogens is 250 g/mol. The minimum absolute atomic E-state index is 0.452. The highest BCUT2D eigenvalue weighted by Crippen LogP contribution is 2.62. The molecule has 1 N–H and O–H groups in total. The zero-order valence-electron chi connectivity index (χ0n) is 12.9. The summed E-state index contributed by atoms with van der Waals surface area (Å²) < 4.78 is 0. The summed E-state index contributed by atoms with van der Waals surface area (Å²) in [5.41, 5.74) is 0.974. The third kappa shape index (κ3) is 2.08. The first-order valence-electron chi connectivity index (χ1n) is 7.65. The summed E-state index contributed by atoms with van der Waals surface area (Å²) >= 11 is 1.94. The van der Waals surface area contributed by atoms with Gasteiger partial charge in [0.2, 0.25) is 0 Å². The van der Waals surface area contributed by atoms with E-state index >= 15 is 0 Å². The largest absolute Gasteiger partial charge is 0.306 e. The summed E-state index contributed by atoms with van der Waals surface area (Å²) in [6.45, 7) is 12.0. The molecule has 106 valence electrons. The highest BCUT2D eigenvalue weighted by molar-refractivity contribution is 7.12. The van der Waals surface area contributed by atoms with Gasteiger partial charge in [-0.3, -0.25) is 0 Å². The minimum Gasteiger partial charge on any atom is -0.306 e. The molecule has 2 fully saturated rings. The van der Waals surface area contributed by atoms with Crippen molar-refractivity contribution in [1.29, 1.82) is 0 Å². The van der Waals surface area contributed by atoms with Gasteiger partial charge in [0.05, 0.1) is 0 Å². The lowest BCUT2D eigenvalue weighted by atomic mass is 9.68. The zero-order valence-corrected chi connectivity index (χ0v) is 13.7. The van der Waals surface area contributed by atoms with Crippen LogP contribution in [0.4, 0.5) is 0 Å². The van der Waals surface area contributed by atoms with Crippen molar-refractivity contribution < 1.29 is 0 Å². The fraction of sp³-hybridized carbons (Fsp3) is 0.765. The maximum absolute atomic E-state index is 3.98. The molecule has 1 aromatic rings. The van der Waals surface area contributed by atoms with Gasteiger partial charge in [0.1, 0.15) is 0 Å². The van der Waals surface area contributed by atoms with Crippen molar-refractivity contribution in [2.45, 2.75) is 66.0 Å². The summed E-state index contributed by atoms with van der Waals surface area (Å²) in [5.74, 6) is 0.923. The molecule has 4 unspecified atom stereocenters. The fourth-order valence-electron chi connectivity index (χ4n) is 4.74. The van der Waals surface area contributed by atoms with Crippen molar-refractivity contribution in [1.82, 2.24) is 5.32 Å². The molecule has 2 saturated carbocycles. The lowest BCUT2D eigenvalue weighted by Gasteiger charge is -2.44. The average molecular weight is 277 g/mol. The Kier molecular flexibility index (Phi) is 3.10. The molecule has 0 saturated heterocycles. The van der Waals surface area contributed by atoms with Crippen LogP contribution < -0.4 is 5.32 Å². The van der Waals surface area contributed by atoms with Crippen LogP contribution in [0.25, 0.3) is 0 Å². The number of hydrogen-bond acceptors (Lipinski definition) is 2. The van der Waals surface area contributed by atoms with Gasteiger partial charge in [0, 0.05) is 21.8 Å². The molecule has 0 radical (unpaired) electrons. The first-order valence-corrected chi connectivity index (χ1v) is 8.47. The van der Waals surface area contributed by atoms with Gasteiger partial charge in [-0.25, -0.2) is 0 Å². The average Bonchev–Trinajstić information content (AvgIpc) is 2.96. The van der Waals surface area contributed by atoms with Gasteiger partial charge >= 0.3 is 0 Å². The van der Waals surface area contributed by atoms with Gasteiger partial charge < -0.3 is 5.32 Å². The van der Waals surface area contributed by atoms with Crippen LogP contribution in [0.1, 0.15) is 62.8 Å². The highest BCUT2D eigenvalue weighted by atomic mass is 32.1. The van der Waals surface area contributed by atoms with E-state index in [0.717, 1.165) is 5.92 Å². The lowest BCUT2D eigenvalue weighted by Crippen LogP contribution is -2.50. The van der Waals surface area contributed by atoms with E-state index in [1.54, 1.807) is 0 Å². The van der Waals surface area contributed by atoms with Gasteiger partial charge in [-0.05, 0) is 62.0 Å². The maximum Gasteiger partial charge on any atom is 0.0388 e. The molecule has 2 bridgehead atoms. The van der Waals surface area contributed by atoms with Crippen molar-refractivity contribution in [3.63, 3.8) is 0 Å². The molecule has 3 rings (SSSR count). The van der Waals surface area contributed by atoms with Gasteiger partial charge in [-0.15, -0.1) is 11.3 Å². The Morgan fingerprint density at radius 3 is 2.58 bits per heavy atom. The third-order valence-electron chi connectivity index (χ3n) is 5.87. The Hall–Kier alpha value is -0.340.